The van der Waals surface area contributed by atoms with E-state index in [1.807, 2.05) is 0 Å². The Morgan fingerprint density at radius 3 is 2.70 bits per heavy atom. The summed E-state index contributed by atoms with van der Waals surface area (Å²) < 4.78 is 0. The van der Waals surface area contributed by atoms with Gasteiger partial charge >= 0.3 is 0 Å². The summed E-state index contributed by atoms with van der Waals surface area (Å²) in [4.78, 5) is 19.8. The first kappa shape index (κ1) is 16.6. The highest BCUT2D eigenvalue weighted by molar-refractivity contribution is 5.75. The molecule has 0 saturated heterocycles. The molecule has 0 saturated carbocycles. The van der Waals surface area contributed by atoms with Gasteiger partial charge in [0.1, 0.15) is 6.33 Å². The predicted molar refractivity (Wildman–Crippen MR) is 79.7 cm³/mol. The van der Waals surface area contributed by atoms with E-state index in [2.05, 4.69) is 36.1 Å². The third-order valence-corrected chi connectivity index (χ3v) is 3.57. The van der Waals surface area contributed by atoms with Crippen LogP contribution in [0.25, 0.3) is 0 Å². The van der Waals surface area contributed by atoms with E-state index in [9.17, 15) is 4.79 Å². The molecule has 0 fully saturated rings. The summed E-state index contributed by atoms with van der Waals surface area (Å²) in [7, 11) is 0. The van der Waals surface area contributed by atoms with Gasteiger partial charge in [-0.05, 0) is 36.8 Å². The van der Waals surface area contributed by atoms with Crippen molar-refractivity contribution in [2.45, 2.75) is 46.6 Å². The fourth-order valence-corrected chi connectivity index (χ4v) is 2.22. The maximum absolute atomic E-state index is 11.9. The summed E-state index contributed by atoms with van der Waals surface area (Å²) in [6.07, 6.45) is 5.52. The van der Waals surface area contributed by atoms with E-state index < -0.39 is 0 Å². The van der Waals surface area contributed by atoms with Crippen molar-refractivity contribution in [3.63, 3.8) is 0 Å². The first-order chi connectivity index (χ1) is 9.43. The van der Waals surface area contributed by atoms with Gasteiger partial charge in [0.25, 0.3) is 0 Å². The summed E-state index contributed by atoms with van der Waals surface area (Å²) >= 11 is 0. The lowest BCUT2D eigenvalue weighted by atomic mass is 9.76. The molecule has 1 unspecified atom stereocenters. The zero-order valence-electron chi connectivity index (χ0n) is 12.7. The third-order valence-electron chi connectivity index (χ3n) is 3.57. The van der Waals surface area contributed by atoms with Gasteiger partial charge in [-0.15, -0.1) is 0 Å². The Morgan fingerprint density at radius 1 is 1.40 bits per heavy atom. The number of hydrogen-bond donors (Lipinski definition) is 2. The SMILES string of the molecule is CC(C)(C)C(CCN)CCC(=O)NCc1ccncn1. The Bertz CT molecular complexity index is 400. The van der Waals surface area contributed by atoms with Crippen molar-refractivity contribution < 1.29 is 4.79 Å². The van der Waals surface area contributed by atoms with Gasteiger partial charge < -0.3 is 11.1 Å². The largest absolute Gasteiger partial charge is 0.350 e. The number of aromatic nitrogens is 2. The summed E-state index contributed by atoms with van der Waals surface area (Å²) in [6, 6.07) is 1.80. The second-order valence-corrected chi connectivity index (χ2v) is 6.16. The zero-order valence-corrected chi connectivity index (χ0v) is 12.7. The number of nitrogens with two attached hydrogens (primary N) is 1. The minimum absolute atomic E-state index is 0.0647. The van der Waals surface area contributed by atoms with Crippen molar-refractivity contribution in [1.29, 1.82) is 0 Å². The molecule has 5 heteroatoms. The molecule has 0 aliphatic rings. The van der Waals surface area contributed by atoms with Crippen LogP contribution in [-0.4, -0.2) is 22.4 Å². The van der Waals surface area contributed by atoms with E-state index >= 15 is 0 Å². The average molecular weight is 278 g/mol. The maximum Gasteiger partial charge on any atom is 0.220 e. The topological polar surface area (TPSA) is 80.9 Å². The first-order valence-electron chi connectivity index (χ1n) is 7.15. The van der Waals surface area contributed by atoms with Crippen LogP contribution >= 0.6 is 0 Å². The molecule has 1 atom stereocenters. The number of hydrogen-bond acceptors (Lipinski definition) is 4. The maximum atomic E-state index is 11.9. The van der Waals surface area contributed by atoms with Crippen LogP contribution in [0.3, 0.4) is 0 Å². The Morgan fingerprint density at radius 2 is 2.15 bits per heavy atom. The Labute approximate surface area is 121 Å². The number of carbonyl (C=O) groups is 1. The van der Waals surface area contributed by atoms with Crippen LogP contribution in [0.4, 0.5) is 0 Å². The highest BCUT2D eigenvalue weighted by Gasteiger charge is 2.24. The molecule has 1 heterocycles. The second-order valence-electron chi connectivity index (χ2n) is 6.16. The van der Waals surface area contributed by atoms with Gasteiger partial charge in [0.05, 0.1) is 12.2 Å². The molecule has 20 heavy (non-hydrogen) atoms. The standard InChI is InChI=1S/C15H26N4O/c1-15(2,3)12(6-8-16)4-5-14(20)18-10-13-7-9-17-11-19-13/h7,9,11-12H,4-6,8,10,16H2,1-3H3,(H,18,20). The van der Waals surface area contributed by atoms with E-state index in [0.29, 0.717) is 25.4 Å². The Hall–Kier alpha value is -1.49. The lowest BCUT2D eigenvalue weighted by molar-refractivity contribution is -0.121. The number of carbonyl (C=O) groups excluding carboxylic acids is 1. The van der Waals surface area contributed by atoms with Crippen molar-refractivity contribution in [3.05, 3.63) is 24.3 Å². The van der Waals surface area contributed by atoms with Crippen molar-refractivity contribution >= 4 is 5.91 Å². The molecular weight excluding hydrogens is 252 g/mol. The van der Waals surface area contributed by atoms with Gasteiger partial charge in [0.15, 0.2) is 0 Å². The van der Waals surface area contributed by atoms with Gasteiger partial charge in [0.2, 0.25) is 5.91 Å². The van der Waals surface area contributed by atoms with Gasteiger partial charge in [-0.25, -0.2) is 9.97 Å². The third kappa shape index (κ3) is 6.10. The highest BCUT2D eigenvalue weighted by atomic mass is 16.1. The van der Waals surface area contributed by atoms with Crippen LogP contribution in [0.15, 0.2) is 18.6 Å². The van der Waals surface area contributed by atoms with Crippen LogP contribution in [0.5, 0.6) is 0 Å². The second kappa shape index (κ2) is 7.94. The van der Waals surface area contributed by atoms with Crippen LogP contribution in [0, 0.1) is 11.3 Å². The van der Waals surface area contributed by atoms with Crippen molar-refractivity contribution in [2.24, 2.45) is 17.1 Å². The molecule has 3 N–H and O–H groups in total. The molecular formula is C15H26N4O. The van der Waals surface area contributed by atoms with Crippen molar-refractivity contribution in [2.75, 3.05) is 6.54 Å². The normalized spacial score (nSPS) is 13.0. The van der Waals surface area contributed by atoms with E-state index in [0.717, 1.165) is 18.5 Å². The molecule has 0 aromatic carbocycles. The van der Waals surface area contributed by atoms with Gasteiger partial charge in [0, 0.05) is 12.6 Å². The van der Waals surface area contributed by atoms with Gasteiger partial charge in [-0.1, -0.05) is 20.8 Å². The minimum atomic E-state index is 0.0647. The molecule has 0 aliphatic carbocycles. The fourth-order valence-electron chi connectivity index (χ4n) is 2.22. The quantitative estimate of drug-likeness (QED) is 0.798. The van der Waals surface area contributed by atoms with Crippen LogP contribution in [0.1, 0.15) is 45.7 Å². The zero-order chi connectivity index (χ0) is 15.0. The van der Waals surface area contributed by atoms with Crippen molar-refractivity contribution in [3.8, 4) is 0 Å². The van der Waals surface area contributed by atoms with E-state index in [1.165, 1.54) is 6.33 Å². The smallest absolute Gasteiger partial charge is 0.220 e. The van der Waals surface area contributed by atoms with Gasteiger partial charge in [-0.2, -0.15) is 0 Å². The molecule has 1 aromatic heterocycles. The summed E-state index contributed by atoms with van der Waals surface area (Å²) in [5.74, 6) is 0.534. The summed E-state index contributed by atoms with van der Waals surface area (Å²) in [6.45, 7) is 7.73. The van der Waals surface area contributed by atoms with Crippen LogP contribution in [-0.2, 0) is 11.3 Å². The molecule has 5 nitrogen and oxygen atoms in total. The number of amides is 1. The molecule has 1 rings (SSSR count). The number of nitrogens with one attached hydrogen (secondary N) is 1. The number of nitrogens with zero attached hydrogens (tertiary/aromatic N) is 2. The molecule has 0 bridgehead atoms. The van der Waals surface area contributed by atoms with E-state index in [4.69, 9.17) is 5.73 Å². The minimum Gasteiger partial charge on any atom is -0.350 e. The molecule has 1 aromatic rings. The highest BCUT2D eigenvalue weighted by Crippen LogP contribution is 2.31. The number of rotatable bonds is 7. The lowest BCUT2D eigenvalue weighted by Crippen LogP contribution is -2.27. The molecule has 0 spiro atoms. The summed E-state index contributed by atoms with van der Waals surface area (Å²) in [5, 5.41) is 2.89. The molecule has 0 aliphatic heterocycles. The Balaban J connectivity index is 2.35. The monoisotopic (exact) mass is 278 g/mol. The summed E-state index contributed by atoms with van der Waals surface area (Å²) in [5.41, 5.74) is 6.66. The van der Waals surface area contributed by atoms with Crippen LogP contribution in [0.2, 0.25) is 0 Å². The van der Waals surface area contributed by atoms with Crippen molar-refractivity contribution in [1.82, 2.24) is 15.3 Å². The molecule has 0 radical (unpaired) electrons. The lowest BCUT2D eigenvalue weighted by Gasteiger charge is -2.30. The molecule has 112 valence electrons. The fraction of sp³-hybridized carbons (Fsp3) is 0.667. The van der Waals surface area contributed by atoms with Gasteiger partial charge in [-0.3, -0.25) is 4.79 Å². The molecule has 1 amide bonds. The van der Waals surface area contributed by atoms with Crippen LogP contribution < -0.4 is 11.1 Å². The first-order valence-corrected chi connectivity index (χ1v) is 7.15. The Kier molecular flexibility index (Phi) is 6.58. The van der Waals surface area contributed by atoms with E-state index in [1.54, 1.807) is 12.3 Å². The van der Waals surface area contributed by atoms with E-state index in [-0.39, 0.29) is 11.3 Å². The average Bonchev–Trinajstić information content (AvgIpc) is 2.41. The predicted octanol–water partition coefficient (Wildman–Crippen LogP) is 1.88.